The zero-order valence-electron chi connectivity index (χ0n) is 18.7. The van der Waals surface area contributed by atoms with Crippen LogP contribution >= 0.6 is 0 Å². The van der Waals surface area contributed by atoms with E-state index < -0.39 is 65.8 Å². The third kappa shape index (κ3) is 5.74. The number of carbonyl (C=O) groups excluding carboxylic acids is 1. The van der Waals surface area contributed by atoms with Crippen molar-refractivity contribution in [2.45, 2.75) is 75.0 Å². The lowest BCUT2D eigenvalue weighted by molar-refractivity contribution is -0.440. The Bertz CT molecular complexity index is 973. The standard InChI is InChI=1S/C21H19F13O2/c1-5-11-8-12(10-13(9-11)14(35)36-15(2,3)4)6-7-16(22,23)17(24,25)18(26,27)19(28,29)20(30,31)21(32,33)34/h5,8-10H,1,6-7H2,2-4H3. The van der Waals surface area contributed by atoms with E-state index >= 15 is 0 Å². The highest BCUT2D eigenvalue weighted by molar-refractivity contribution is 5.90. The molecule has 0 unspecified atom stereocenters. The first-order chi connectivity index (χ1) is 15.7. The summed E-state index contributed by atoms with van der Waals surface area (Å²) in [7, 11) is 0. The predicted octanol–water partition coefficient (Wildman–Crippen LogP) is 7.96. The van der Waals surface area contributed by atoms with Gasteiger partial charge in [-0.05, 0) is 50.5 Å². The van der Waals surface area contributed by atoms with Crippen LogP contribution in [0.4, 0.5) is 57.1 Å². The van der Waals surface area contributed by atoms with Crippen molar-refractivity contribution in [3.8, 4) is 0 Å². The Hall–Kier alpha value is -2.48. The summed E-state index contributed by atoms with van der Waals surface area (Å²) in [5.74, 6) is -38.2. The molecule has 0 saturated carbocycles. The summed E-state index contributed by atoms with van der Waals surface area (Å²) in [4.78, 5) is 12.2. The molecule has 0 spiro atoms. The summed E-state index contributed by atoms with van der Waals surface area (Å²) in [6.45, 7) is 7.72. The number of rotatable bonds is 9. The Labute approximate surface area is 196 Å². The van der Waals surface area contributed by atoms with Crippen molar-refractivity contribution in [3.05, 3.63) is 41.5 Å². The average molecular weight is 550 g/mol. The minimum atomic E-state index is -7.95. The topological polar surface area (TPSA) is 26.3 Å². The molecule has 0 fully saturated rings. The van der Waals surface area contributed by atoms with Crippen LogP contribution in [-0.2, 0) is 11.2 Å². The normalized spacial score (nSPS) is 14.6. The SMILES string of the molecule is C=Cc1cc(CCC(F)(F)C(F)(F)C(F)(F)C(F)(F)C(F)(F)C(F)(F)F)cc(C(=O)OC(C)(C)C)c1. The molecule has 0 atom stereocenters. The minimum Gasteiger partial charge on any atom is -0.456 e. The van der Waals surface area contributed by atoms with Crippen molar-refractivity contribution < 1.29 is 66.6 Å². The number of hydrogen-bond acceptors (Lipinski definition) is 2. The second-order valence-electron chi connectivity index (χ2n) is 8.67. The van der Waals surface area contributed by atoms with Gasteiger partial charge in [0.15, 0.2) is 0 Å². The number of hydrogen-bond donors (Lipinski definition) is 0. The van der Waals surface area contributed by atoms with Crippen LogP contribution in [0.5, 0.6) is 0 Å². The van der Waals surface area contributed by atoms with Gasteiger partial charge in [0.1, 0.15) is 5.60 Å². The maximum absolute atomic E-state index is 14.1. The number of alkyl halides is 13. The number of carbonyl (C=O) groups is 1. The Morgan fingerprint density at radius 3 is 1.67 bits per heavy atom. The van der Waals surface area contributed by atoms with Crippen LogP contribution in [0.25, 0.3) is 6.08 Å². The number of benzene rings is 1. The lowest BCUT2D eigenvalue weighted by Crippen LogP contribution is -2.70. The number of ether oxygens (including phenoxy) is 1. The van der Waals surface area contributed by atoms with Crippen LogP contribution in [0.3, 0.4) is 0 Å². The molecule has 0 N–H and O–H groups in total. The molecule has 0 bridgehead atoms. The maximum atomic E-state index is 14.1. The summed E-state index contributed by atoms with van der Waals surface area (Å²) in [5, 5.41) is 0. The van der Waals surface area contributed by atoms with E-state index in [0.717, 1.165) is 24.3 Å². The maximum Gasteiger partial charge on any atom is 0.460 e. The van der Waals surface area contributed by atoms with Gasteiger partial charge >= 0.3 is 41.8 Å². The monoisotopic (exact) mass is 550 g/mol. The Morgan fingerprint density at radius 1 is 0.778 bits per heavy atom. The van der Waals surface area contributed by atoms with Crippen molar-refractivity contribution in [3.63, 3.8) is 0 Å². The lowest BCUT2D eigenvalue weighted by atomic mass is 9.90. The molecule has 2 nitrogen and oxygen atoms in total. The first-order valence-corrected chi connectivity index (χ1v) is 9.71. The van der Waals surface area contributed by atoms with Crippen LogP contribution in [-0.4, -0.2) is 47.4 Å². The van der Waals surface area contributed by atoms with Gasteiger partial charge in [-0.25, -0.2) is 4.79 Å². The van der Waals surface area contributed by atoms with Gasteiger partial charge in [-0.15, -0.1) is 0 Å². The van der Waals surface area contributed by atoms with Crippen LogP contribution in [0.1, 0.15) is 48.7 Å². The lowest BCUT2D eigenvalue weighted by Gasteiger charge is -2.39. The van der Waals surface area contributed by atoms with Crippen LogP contribution in [0.15, 0.2) is 24.8 Å². The third-order valence-electron chi connectivity index (χ3n) is 4.61. The van der Waals surface area contributed by atoms with Gasteiger partial charge in [-0.1, -0.05) is 18.7 Å². The van der Waals surface area contributed by atoms with Crippen LogP contribution in [0.2, 0.25) is 0 Å². The highest BCUT2D eigenvalue weighted by atomic mass is 19.4. The Morgan fingerprint density at radius 2 is 1.25 bits per heavy atom. The first kappa shape index (κ1) is 31.5. The summed E-state index contributed by atoms with van der Waals surface area (Å²) in [6.07, 6.45) is -10.1. The smallest absolute Gasteiger partial charge is 0.456 e. The van der Waals surface area contributed by atoms with Crippen LogP contribution < -0.4 is 0 Å². The van der Waals surface area contributed by atoms with Crippen molar-refractivity contribution in [1.82, 2.24) is 0 Å². The second-order valence-corrected chi connectivity index (χ2v) is 8.67. The van der Waals surface area contributed by atoms with Gasteiger partial charge in [0, 0.05) is 6.42 Å². The van der Waals surface area contributed by atoms with Crippen LogP contribution in [0, 0.1) is 0 Å². The second kappa shape index (κ2) is 9.43. The summed E-state index contributed by atoms with van der Waals surface area (Å²) in [5.41, 5.74) is -1.75. The fraction of sp³-hybridized carbons (Fsp3) is 0.571. The number of aryl methyl sites for hydroxylation is 1. The molecule has 0 saturated heterocycles. The van der Waals surface area contributed by atoms with E-state index in [-0.39, 0.29) is 11.1 Å². The minimum absolute atomic E-state index is 0.0325. The molecule has 15 heteroatoms. The summed E-state index contributed by atoms with van der Waals surface area (Å²) in [6, 6.07) is 2.92. The molecule has 1 rings (SSSR count). The van der Waals surface area contributed by atoms with Crippen molar-refractivity contribution >= 4 is 12.0 Å². The molecule has 0 heterocycles. The first-order valence-electron chi connectivity index (χ1n) is 9.71. The summed E-state index contributed by atoms with van der Waals surface area (Å²) >= 11 is 0. The molecule has 0 aliphatic carbocycles. The van der Waals surface area contributed by atoms with Crippen molar-refractivity contribution in [1.29, 1.82) is 0 Å². The Kier molecular flexibility index (Phi) is 8.27. The highest BCUT2D eigenvalue weighted by Crippen LogP contribution is 2.60. The van der Waals surface area contributed by atoms with E-state index in [2.05, 4.69) is 6.58 Å². The van der Waals surface area contributed by atoms with Crippen molar-refractivity contribution in [2.24, 2.45) is 0 Å². The number of halogens is 13. The van der Waals surface area contributed by atoms with Gasteiger partial charge in [-0.2, -0.15) is 57.1 Å². The van der Waals surface area contributed by atoms with E-state index in [9.17, 15) is 61.9 Å². The van der Waals surface area contributed by atoms with E-state index in [0.29, 0.717) is 0 Å². The molecular formula is C21H19F13O2. The molecule has 0 aliphatic heterocycles. The molecular weight excluding hydrogens is 531 g/mol. The number of esters is 1. The Balaban J connectivity index is 3.35. The zero-order chi connectivity index (χ0) is 28.8. The molecule has 36 heavy (non-hydrogen) atoms. The highest BCUT2D eigenvalue weighted by Gasteiger charge is 2.90. The quantitative estimate of drug-likeness (QED) is 0.231. The molecule has 0 amide bonds. The van der Waals surface area contributed by atoms with E-state index in [1.165, 1.54) is 20.8 Å². The fourth-order valence-electron chi connectivity index (χ4n) is 2.70. The van der Waals surface area contributed by atoms with Gasteiger partial charge < -0.3 is 4.74 Å². The average Bonchev–Trinajstić information content (AvgIpc) is 2.69. The molecule has 0 aliphatic rings. The van der Waals surface area contributed by atoms with Gasteiger partial charge in [0.25, 0.3) is 0 Å². The zero-order valence-corrected chi connectivity index (χ0v) is 18.7. The van der Waals surface area contributed by atoms with Crippen molar-refractivity contribution in [2.75, 3.05) is 0 Å². The van der Waals surface area contributed by atoms with E-state index in [4.69, 9.17) is 4.74 Å². The van der Waals surface area contributed by atoms with E-state index in [1.54, 1.807) is 0 Å². The van der Waals surface area contributed by atoms with Gasteiger partial charge in [0.05, 0.1) is 5.56 Å². The predicted molar refractivity (Wildman–Crippen MR) is 101 cm³/mol. The molecule has 206 valence electrons. The van der Waals surface area contributed by atoms with E-state index in [1.807, 2.05) is 0 Å². The molecule has 0 radical (unpaired) electrons. The molecule has 1 aromatic carbocycles. The molecule has 0 aromatic heterocycles. The van der Waals surface area contributed by atoms with Gasteiger partial charge in [-0.3, -0.25) is 0 Å². The fourth-order valence-corrected chi connectivity index (χ4v) is 2.70. The molecule has 1 aromatic rings. The largest absolute Gasteiger partial charge is 0.460 e. The summed E-state index contributed by atoms with van der Waals surface area (Å²) < 4.78 is 177. The third-order valence-corrected chi connectivity index (χ3v) is 4.61. The van der Waals surface area contributed by atoms with Gasteiger partial charge in [0.2, 0.25) is 0 Å².